The van der Waals surface area contributed by atoms with E-state index in [0.717, 1.165) is 18.4 Å². The highest BCUT2D eigenvalue weighted by Gasteiger charge is 2.25. The molecule has 4 rings (SSSR count). The predicted molar refractivity (Wildman–Crippen MR) is 107 cm³/mol. The molecule has 1 aromatic carbocycles. The van der Waals surface area contributed by atoms with Crippen molar-refractivity contribution in [1.29, 1.82) is 0 Å². The van der Waals surface area contributed by atoms with E-state index >= 15 is 0 Å². The van der Waals surface area contributed by atoms with E-state index in [9.17, 15) is 9.59 Å². The second kappa shape index (κ2) is 9.21. The largest absolute Gasteiger partial charge is 0.469 e. The van der Waals surface area contributed by atoms with Crippen LogP contribution in [0.5, 0.6) is 11.5 Å². The average molecular weight is 414 g/mol. The van der Waals surface area contributed by atoms with Crippen molar-refractivity contribution in [1.82, 2.24) is 10.2 Å². The highest BCUT2D eigenvalue weighted by molar-refractivity contribution is 5.95. The van der Waals surface area contributed by atoms with Crippen molar-refractivity contribution in [2.24, 2.45) is 0 Å². The quantitative estimate of drug-likeness (QED) is 0.714. The van der Waals surface area contributed by atoms with Crippen molar-refractivity contribution in [2.75, 3.05) is 26.5 Å². The van der Waals surface area contributed by atoms with E-state index in [1.54, 1.807) is 17.9 Å². The molecule has 1 N–H and O–H groups in total. The van der Waals surface area contributed by atoms with E-state index in [2.05, 4.69) is 5.32 Å². The lowest BCUT2D eigenvalue weighted by atomic mass is 10.1. The number of nitrogens with zero attached hydrogens (tertiary/aromatic N) is 1. The first-order valence-corrected chi connectivity index (χ1v) is 10.2. The number of carbonyl (C=O) groups excluding carboxylic acids is 2. The van der Waals surface area contributed by atoms with Gasteiger partial charge in [-0.1, -0.05) is 6.07 Å². The van der Waals surface area contributed by atoms with Crippen LogP contribution < -0.4 is 14.8 Å². The maximum absolute atomic E-state index is 13.0. The molecule has 1 atom stereocenters. The molecule has 0 spiro atoms. The van der Waals surface area contributed by atoms with Gasteiger partial charge in [-0.25, -0.2) is 0 Å². The van der Waals surface area contributed by atoms with Crippen LogP contribution in [0, 0.1) is 6.92 Å². The van der Waals surface area contributed by atoms with Crippen LogP contribution in [0.25, 0.3) is 0 Å². The lowest BCUT2D eigenvalue weighted by Gasteiger charge is -2.25. The Labute approximate surface area is 175 Å². The summed E-state index contributed by atoms with van der Waals surface area (Å²) in [5.41, 5.74) is 1.45. The van der Waals surface area contributed by atoms with Gasteiger partial charge in [-0.3, -0.25) is 9.59 Å². The Balaban J connectivity index is 1.32. The first-order valence-electron chi connectivity index (χ1n) is 10.2. The number of fused-ring (bicyclic) bond motifs is 1. The monoisotopic (exact) mass is 414 g/mol. The number of carbonyl (C=O) groups is 2. The van der Waals surface area contributed by atoms with Crippen LogP contribution in [-0.2, 0) is 16.1 Å². The molecule has 2 aromatic rings. The molecule has 0 radical (unpaired) electrons. The third-order valence-corrected chi connectivity index (χ3v) is 5.36. The normalized spacial score (nSPS) is 17.2. The van der Waals surface area contributed by atoms with Crippen LogP contribution in [0.2, 0.25) is 0 Å². The fourth-order valence-corrected chi connectivity index (χ4v) is 3.66. The van der Waals surface area contributed by atoms with E-state index in [0.29, 0.717) is 49.1 Å². The molecule has 0 aliphatic carbocycles. The van der Waals surface area contributed by atoms with E-state index in [1.807, 2.05) is 18.2 Å². The number of nitrogens with one attached hydrogen (secondary N) is 1. The average Bonchev–Trinajstić information content (AvgIpc) is 3.50. The summed E-state index contributed by atoms with van der Waals surface area (Å²) in [6, 6.07) is 7.25. The Morgan fingerprint density at radius 2 is 2.07 bits per heavy atom. The number of amides is 2. The van der Waals surface area contributed by atoms with Gasteiger partial charge in [0.05, 0.1) is 17.9 Å². The fourth-order valence-electron chi connectivity index (χ4n) is 3.66. The Hall–Kier alpha value is -3.00. The SMILES string of the molecule is Cc1occc1C(=O)N(CCC(=O)NCc1ccc2c(c1)OCO2)C[C@H]1CCCO1. The molecule has 3 heterocycles. The van der Waals surface area contributed by atoms with Crippen LogP contribution in [0.15, 0.2) is 34.9 Å². The summed E-state index contributed by atoms with van der Waals surface area (Å²) in [5, 5.41) is 2.90. The molecule has 0 saturated carbocycles. The molecule has 1 saturated heterocycles. The Morgan fingerprint density at radius 3 is 2.83 bits per heavy atom. The maximum Gasteiger partial charge on any atom is 0.257 e. The zero-order valence-corrected chi connectivity index (χ0v) is 17.0. The van der Waals surface area contributed by atoms with Crippen molar-refractivity contribution in [3.8, 4) is 11.5 Å². The number of hydrogen-bond acceptors (Lipinski definition) is 6. The molecule has 8 nitrogen and oxygen atoms in total. The number of aryl methyl sites for hydroxylation is 1. The minimum Gasteiger partial charge on any atom is -0.469 e. The van der Waals surface area contributed by atoms with E-state index in [1.165, 1.54) is 6.26 Å². The molecule has 1 fully saturated rings. The van der Waals surface area contributed by atoms with Gasteiger partial charge in [0, 0.05) is 32.7 Å². The molecule has 0 unspecified atom stereocenters. The Kier molecular flexibility index (Phi) is 6.23. The topological polar surface area (TPSA) is 90.2 Å². The van der Waals surface area contributed by atoms with Crippen molar-refractivity contribution < 1.29 is 28.2 Å². The zero-order valence-electron chi connectivity index (χ0n) is 17.0. The van der Waals surface area contributed by atoms with E-state index in [-0.39, 0.29) is 31.1 Å². The van der Waals surface area contributed by atoms with Crippen LogP contribution in [0.3, 0.4) is 0 Å². The van der Waals surface area contributed by atoms with Gasteiger partial charge in [0.1, 0.15) is 5.76 Å². The van der Waals surface area contributed by atoms with Crippen LogP contribution in [-0.4, -0.2) is 49.3 Å². The minimum atomic E-state index is -0.139. The molecule has 8 heteroatoms. The molecule has 1 aromatic heterocycles. The number of ether oxygens (including phenoxy) is 3. The summed E-state index contributed by atoms with van der Waals surface area (Å²) in [6.45, 7) is 3.87. The van der Waals surface area contributed by atoms with Crippen LogP contribution in [0.1, 0.15) is 40.9 Å². The van der Waals surface area contributed by atoms with Gasteiger partial charge >= 0.3 is 0 Å². The summed E-state index contributed by atoms with van der Waals surface area (Å²) in [5.74, 6) is 1.71. The fraction of sp³-hybridized carbons (Fsp3) is 0.455. The lowest BCUT2D eigenvalue weighted by Crippen LogP contribution is -2.40. The van der Waals surface area contributed by atoms with Crippen LogP contribution >= 0.6 is 0 Å². The van der Waals surface area contributed by atoms with Gasteiger partial charge in [-0.05, 0) is 43.5 Å². The van der Waals surface area contributed by atoms with Crippen molar-refractivity contribution in [3.63, 3.8) is 0 Å². The second-order valence-corrected chi connectivity index (χ2v) is 7.49. The van der Waals surface area contributed by atoms with Gasteiger partial charge in [0.2, 0.25) is 12.7 Å². The first-order chi connectivity index (χ1) is 14.6. The summed E-state index contributed by atoms with van der Waals surface area (Å²) in [6.07, 6.45) is 3.64. The standard InChI is InChI=1S/C22H26N2O6/c1-15-18(7-10-27-15)22(26)24(13-17-3-2-9-28-17)8-6-21(25)23-12-16-4-5-19-20(11-16)30-14-29-19/h4-5,7,10-11,17H,2-3,6,8-9,12-14H2,1H3,(H,23,25)/t17-/m1/s1. The first kappa shape index (κ1) is 20.3. The van der Waals surface area contributed by atoms with Gasteiger partial charge in [0.25, 0.3) is 5.91 Å². The molecule has 160 valence electrons. The van der Waals surface area contributed by atoms with Gasteiger partial charge in [-0.15, -0.1) is 0 Å². The molecular formula is C22H26N2O6. The predicted octanol–water partition coefficient (Wildman–Crippen LogP) is 2.64. The molecule has 2 amide bonds. The highest BCUT2D eigenvalue weighted by Crippen LogP contribution is 2.32. The minimum absolute atomic E-state index is 0.0119. The van der Waals surface area contributed by atoms with Gasteiger partial charge in [0.15, 0.2) is 11.5 Å². The molecule has 0 bridgehead atoms. The zero-order chi connectivity index (χ0) is 20.9. The lowest BCUT2D eigenvalue weighted by molar-refractivity contribution is -0.121. The second-order valence-electron chi connectivity index (χ2n) is 7.49. The maximum atomic E-state index is 13.0. The number of furan rings is 1. The van der Waals surface area contributed by atoms with Gasteiger partial charge in [-0.2, -0.15) is 0 Å². The van der Waals surface area contributed by atoms with Crippen molar-refractivity contribution >= 4 is 11.8 Å². The summed E-state index contributed by atoms with van der Waals surface area (Å²) < 4.78 is 21.6. The van der Waals surface area contributed by atoms with Crippen molar-refractivity contribution in [3.05, 3.63) is 47.4 Å². The third-order valence-electron chi connectivity index (χ3n) is 5.36. The summed E-state index contributed by atoms with van der Waals surface area (Å²) >= 11 is 0. The number of benzene rings is 1. The number of hydrogen-bond donors (Lipinski definition) is 1. The highest BCUT2D eigenvalue weighted by atomic mass is 16.7. The molecule has 2 aliphatic rings. The summed E-state index contributed by atoms with van der Waals surface area (Å²) in [4.78, 5) is 27.1. The Bertz CT molecular complexity index is 903. The van der Waals surface area contributed by atoms with Crippen molar-refractivity contribution in [2.45, 2.75) is 38.8 Å². The molecular weight excluding hydrogens is 388 g/mol. The molecule has 30 heavy (non-hydrogen) atoms. The van der Waals surface area contributed by atoms with E-state index < -0.39 is 0 Å². The van der Waals surface area contributed by atoms with Crippen LogP contribution in [0.4, 0.5) is 0 Å². The van der Waals surface area contributed by atoms with Gasteiger partial charge < -0.3 is 28.8 Å². The van der Waals surface area contributed by atoms with E-state index in [4.69, 9.17) is 18.6 Å². The smallest absolute Gasteiger partial charge is 0.257 e. The molecule has 2 aliphatic heterocycles. The number of rotatable bonds is 8. The Morgan fingerprint density at radius 1 is 1.20 bits per heavy atom. The third kappa shape index (κ3) is 4.76. The summed E-state index contributed by atoms with van der Waals surface area (Å²) in [7, 11) is 0.